The molecule has 0 aromatic carbocycles. The molecule has 0 aromatic heterocycles. The lowest BCUT2D eigenvalue weighted by molar-refractivity contribution is -0.119. The molecule has 0 aliphatic heterocycles. The highest BCUT2D eigenvalue weighted by molar-refractivity contribution is 5.73. The van der Waals surface area contributed by atoms with E-state index in [-0.39, 0.29) is 28.2 Å². The molecule has 0 radical (unpaired) electrons. The van der Waals surface area contributed by atoms with Gasteiger partial charge in [-0.05, 0) is 13.3 Å². The third kappa shape index (κ3) is 18.4. The van der Waals surface area contributed by atoms with E-state index in [0.29, 0.717) is 6.04 Å². The van der Waals surface area contributed by atoms with Crippen molar-refractivity contribution in [3.63, 3.8) is 0 Å². The maximum Gasteiger partial charge on any atom is 0.217 e. The zero-order chi connectivity index (χ0) is 7.98. The Hall–Kier alpha value is -0.530. The van der Waals surface area contributed by atoms with Gasteiger partial charge < -0.3 is 5.32 Å². The fourth-order valence-electron chi connectivity index (χ4n) is 0.929. The lowest BCUT2D eigenvalue weighted by Crippen LogP contribution is -2.30. The number of hydrogen-bond donors (Lipinski definition) is 1. The Kier molecular flexibility index (Phi) is 24.7. The molecule has 0 rings (SSSR count). The first kappa shape index (κ1) is 22.9. The van der Waals surface area contributed by atoms with Gasteiger partial charge in [0.05, 0.1) is 0 Å². The molecule has 0 aromatic rings. The molecule has 1 unspecified atom stereocenters. The minimum absolute atomic E-state index is 0. The van der Waals surface area contributed by atoms with Crippen LogP contribution in [0.1, 0.15) is 62.3 Å². The Morgan fingerprint density at radius 1 is 1.31 bits per heavy atom. The van der Waals surface area contributed by atoms with Crippen LogP contribution in [-0.2, 0) is 4.79 Å². The lowest BCUT2D eigenvalue weighted by Gasteiger charge is -2.10. The van der Waals surface area contributed by atoms with Crippen molar-refractivity contribution in [3.05, 3.63) is 0 Å². The van der Waals surface area contributed by atoms with Crippen LogP contribution in [-0.4, -0.2) is 11.9 Å². The Bertz CT molecular complexity index is 102. The van der Waals surface area contributed by atoms with E-state index in [4.69, 9.17) is 0 Å². The van der Waals surface area contributed by atoms with Gasteiger partial charge >= 0.3 is 0 Å². The van der Waals surface area contributed by atoms with Crippen molar-refractivity contribution >= 4 is 5.91 Å². The predicted octanol–water partition coefficient (Wildman–Crippen LogP) is 3.61. The molecule has 2 heteroatoms. The molecular weight excluding hydrogens is 162 g/mol. The Morgan fingerprint density at radius 3 is 2.08 bits per heavy atom. The first-order valence-electron chi connectivity index (χ1n) is 3.94. The second kappa shape index (κ2) is 14.0. The zero-order valence-corrected chi connectivity index (χ0v) is 7.11. The van der Waals surface area contributed by atoms with Gasteiger partial charge in [-0.15, -0.1) is 0 Å². The third-order valence-corrected chi connectivity index (χ3v) is 1.44. The van der Waals surface area contributed by atoms with E-state index in [9.17, 15) is 4.79 Å². The first-order valence-corrected chi connectivity index (χ1v) is 3.94. The Balaban J connectivity index is -0.000000135. The number of unbranched alkanes of at least 4 members (excludes halogenated alkanes) is 1. The van der Waals surface area contributed by atoms with Crippen molar-refractivity contribution in [2.45, 2.75) is 68.4 Å². The molecule has 0 saturated carbocycles. The van der Waals surface area contributed by atoms with Gasteiger partial charge in [0.15, 0.2) is 0 Å². The van der Waals surface area contributed by atoms with Gasteiger partial charge in [0.1, 0.15) is 0 Å². The van der Waals surface area contributed by atoms with Gasteiger partial charge in [0.2, 0.25) is 5.91 Å². The van der Waals surface area contributed by atoms with Crippen LogP contribution in [0.15, 0.2) is 0 Å². The summed E-state index contributed by atoms with van der Waals surface area (Å²) in [4.78, 5) is 10.5. The van der Waals surface area contributed by atoms with E-state index in [1.807, 2.05) is 6.92 Å². The van der Waals surface area contributed by atoms with E-state index < -0.39 is 0 Å². The Labute approximate surface area is 85.1 Å². The second-order valence-electron chi connectivity index (χ2n) is 2.74. The second-order valence-corrected chi connectivity index (χ2v) is 2.74. The quantitative estimate of drug-likeness (QED) is 0.722. The van der Waals surface area contributed by atoms with Gasteiger partial charge in [0.25, 0.3) is 0 Å². The molecule has 0 heterocycles. The summed E-state index contributed by atoms with van der Waals surface area (Å²) in [5.41, 5.74) is 0. The molecule has 84 valence electrons. The predicted molar refractivity (Wildman–Crippen MR) is 63.0 cm³/mol. The summed E-state index contributed by atoms with van der Waals surface area (Å²) >= 11 is 0. The molecule has 0 saturated heterocycles. The molecule has 0 aliphatic carbocycles. The van der Waals surface area contributed by atoms with Crippen molar-refractivity contribution in [1.29, 1.82) is 0 Å². The summed E-state index contributed by atoms with van der Waals surface area (Å²) in [6, 6.07) is 0.345. The SMILES string of the molecule is C.C.C.CCCCC(C)NC(C)=O. The minimum Gasteiger partial charge on any atom is -0.354 e. The van der Waals surface area contributed by atoms with Crippen molar-refractivity contribution in [2.75, 3.05) is 0 Å². The van der Waals surface area contributed by atoms with Gasteiger partial charge in [-0.1, -0.05) is 42.0 Å². The smallest absolute Gasteiger partial charge is 0.217 e. The lowest BCUT2D eigenvalue weighted by atomic mass is 10.1. The number of rotatable bonds is 4. The maximum atomic E-state index is 10.5. The highest BCUT2D eigenvalue weighted by Gasteiger charge is 2.00. The molecule has 1 N–H and O–H groups in total. The van der Waals surface area contributed by atoms with Crippen LogP contribution in [0.5, 0.6) is 0 Å². The molecule has 0 fully saturated rings. The van der Waals surface area contributed by atoms with E-state index >= 15 is 0 Å². The number of hydrogen-bond acceptors (Lipinski definition) is 1. The van der Waals surface area contributed by atoms with Crippen molar-refractivity contribution in [3.8, 4) is 0 Å². The monoisotopic (exact) mass is 191 g/mol. The summed E-state index contributed by atoms with van der Waals surface area (Å²) in [6.07, 6.45) is 3.49. The summed E-state index contributed by atoms with van der Waals surface area (Å²) < 4.78 is 0. The van der Waals surface area contributed by atoms with E-state index in [1.165, 1.54) is 12.8 Å². The highest BCUT2D eigenvalue weighted by Crippen LogP contribution is 1.98. The topological polar surface area (TPSA) is 29.1 Å². The van der Waals surface area contributed by atoms with Gasteiger partial charge in [-0.3, -0.25) is 4.79 Å². The first-order chi connectivity index (χ1) is 4.66. The summed E-state index contributed by atoms with van der Waals surface area (Å²) in [5, 5.41) is 2.84. The number of carbonyl (C=O) groups is 1. The molecule has 0 bridgehead atoms. The van der Waals surface area contributed by atoms with Gasteiger partial charge in [0, 0.05) is 13.0 Å². The number of carbonyl (C=O) groups excluding carboxylic acids is 1. The summed E-state index contributed by atoms with van der Waals surface area (Å²) in [5.74, 6) is 0.0728. The van der Waals surface area contributed by atoms with Crippen LogP contribution in [0, 0.1) is 0 Å². The van der Waals surface area contributed by atoms with E-state index in [2.05, 4.69) is 12.2 Å². The van der Waals surface area contributed by atoms with Crippen LogP contribution >= 0.6 is 0 Å². The minimum atomic E-state index is 0. The van der Waals surface area contributed by atoms with Crippen LogP contribution < -0.4 is 5.32 Å². The zero-order valence-electron chi connectivity index (χ0n) is 7.11. The number of nitrogens with one attached hydrogen (secondary N) is 1. The standard InChI is InChI=1S/C8H17NO.3CH4/c1-4-5-6-7(2)9-8(3)10;;;/h7H,4-6H2,1-3H3,(H,9,10);3*1H4. The summed E-state index contributed by atoms with van der Waals surface area (Å²) in [7, 11) is 0. The largest absolute Gasteiger partial charge is 0.354 e. The van der Waals surface area contributed by atoms with Crippen molar-refractivity contribution in [2.24, 2.45) is 0 Å². The van der Waals surface area contributed by atoms with Gasteiger partial charge in [-0.25, -0.2) is 0 Å². The van der Waals surface area contributed by atoms with E-state index in [1.54, 1.807) is 6.92 Å². The van der Waals surface area contributed by atoms with Crippen molar-refractivity contribution in [1.82, 2.24) is 5.32 Å². The molecule has 2 nitrogen and oxygen atoms in total. The Morgan fingerprint density at radius 2 is 1.77 bits per heavy atom. The van der Waals surface area contributed by atoms with Crippen molar-refractivity contribution < 1.29 is 4.79 Å². The van der Waals surface area contributed by atoms with Crippen LogP contribution in [0.3, 0.4) is 0 Å². The van der Waals surface area contributed by atoms with Gasteiger partial charge in [-0.2, -0.15) is 0 Å². The normalized spacial score (nSPS) is 9.77. The molecule has 1 amide bonds. The molecule has 1 atom stereocenters. The number of amides is 1. The highest BCUT2D eigenvalue weighted by atomic mass is 16.1. The summed E-state index contributed by atoms with van der Waals surface area (Å²) in [6.45, 7) is 5.75. The molecule has 13 heavy (non-hydrogen) atoms. The fraction of sp³-hybridized carbons (Fsp3) is 0.909. The average molecular weight is 191 g/mol. The maximum absolute atomic E-state index is 10.5. The molecule has 0 aliphatic rings. The van der Waals surface area contributed by atoms with Crippen LogP contribution in [0.25, 0.3) is 0 Å². The van der Waals surface area contributed by atoms with Crippen LogP contribution in [0.2, 0.25) is 0 Å². The fourth-order valence-corrected chi connectivity index (χ4v) is 0.929. The molecule has 0 spiro atoms. The third-order valence-electron chi connectivity index (χ3n) is 1.44. The van der Waals surface area contributed by atoms with E-state index in [0.717, 1.165) is 6.42 Å². The molecular formula is C11H29NO. The average Bonchev–Trinajstić information content (AvgIpc) is 1.82. The van der Waals surface area contributed by atoms with Crippen LogP contribution in [0.4, 0.5) is 0 Å².